The first-order valence-corrected chi connectivity index (χ1v) is 6.35. The molecule has 2 nitrogen and oxygen atoms in total. The molecule has 106 valence electrons. The Bertz CT molecular complexity index is 624. The zero-order valence-electron chi connectivity index (χ0n) is 9.60. The van der Waals surface area contributed by atoms with Crippen molar-refractivity contribution in [3.05, 3.63) is 51.1 Å². The fourth-order valence-electron chi connectivity index (χ4n) is 1.45. The molecule has 0 unspecified atom stereocenters. The van der Waals surface area contributed by atoms with Gasteiger partial charge in [-0.3, -0.25) is 0 Å². The molecule has 1 heterocycles. The Labute approximate surface area is 127 Å². The summed E-state index contributed by atoms with van der Waals surface area (Å²) in [4.78, 5) is 3.65. The summed E-state index contributed by atoms with van der Waals surface area (Å²) >= 11 is 17.4. The van der Waals surface area contributed by atoms with Crippen molar-refractivity contribution in [2.75, 3.05) is 5.32 Å². The number of halogens is 6. The molecule has 1 aromatic heterocycles. The van der Waals surface area contributed by atoms with E-state index in [1.165, 1.54) is 6.07 Å². The maximum Gasteiger partial charge on any atom is 0.417 e. The summed E-state index contributed by atoms with van der Waals surface area (Å²) in [5, 5.41) is 3.35. The molecule has 0 saturated carbocycles. The van der Waals surface area contributed by atoms with Crippen LogP contribution in [0.25, 0.3) is 0 Å². The van der Waals surface area contributed by atoms with E-state index in [1.54, 1.807) is 12.1 Å². The van der Waals surface area contributed by atoms with E-state index >= 15 is 0 Å². The average Bonchev–Trinajstić information content (AvgIpc) is 2.29. The number of pyridine rings is 1. The van der Waals surface area contributed by atoms with Gasteiger partial charge in [0.25, 0.3) is 0 Å². The average molecular weight is 342 g/mol. The van der Waals surface area contributed by atoms with Crippen LogP contribution in [-0.2, 0) is 6.18 Å². The Morgan fingerprint density at radius 1 is 0.950 bits per heavy atom. The predicted molar refractivity (Wildman–Crippen MR) is 74.0 cm³/mol. The number of alkyl halides is 3. The van der Waals surface area contributed by atoms with Crippen LogP contribution in [0.2, 0.25) is 15.1 Å². The predicted octanol–water partition coefficient (Wildman–Crippen LogP) is 5.80. The molecule has 2 rings (SSSR count). The van der Waals surface area contributed by atoms with Crippen molar-refractivity contribution in [1.82, 2.24) is 4.98 Å². The number of hydrogen-bond donors (Lipinski definition) is 1. The fraction of sp³-hybridized carbons (Fsp3) is 0.0833. The van der Waals surface area contributed by atoms with E-state index in [-0.39, 0.29) is 10.8 Å². The molecule has 20 heavy (non-hydrogen) atoms. The lowest BCUT2D eigenvalue weighted by Gasteiger charge is -2.11. The van der Waals surface area contributed by atoms with Crippen LogP contribution in [0.15, 0.2) is 30.5 Å². The third-order valence-corrected chi connectivity index (χ3v) is 3.02. The molecule has 0 aliphatic carbocycles. The van der Waals surface area contributed by atoms with E-state index in [9.17, 15) is 13.2 Å². The van der Waals surface area contributed by atoms with Gasteiger partial charge in [0.2, 0.25) is 0 Å². The van der Waals surface area contributed by atoms with Crippen LogP contribution in [-0.4, -0.2) is 4.98 Å². The Morgan fingerprint density at radius 3 is 2.05 bits per heavy atom. The van der Waals surface area contributed by atoms with E-state index < -0.39 is 11.7 Å². The van der Waals surface area contributed by atoms with Crippen molar-refractivity contribution in [2.24, 2.45) is 0 Å². The highest BCUT2D eigenvalue weighted by Crippen LogP contribution is 2.33. The molecule has 0 radical (unpaired) electrons. The van der Waals surface area contributed by atoms with Gasteiger partial charge in [-0.2, -0.15) is 13.2 Å². The summed E-state index contributed by atoms with van der Waals surface area (Å²) in [6.45, 7) is 0. The second-order valence-corrected chi connectivity index (χ2v) is 5.12. The lowest BCUT2D eigenvalue weighted by Crippen LogP contribution is -2.06. The SMILES string of the molecule is FC(F)(F)c1cnc(Nc2cc(Cl)cc(Cl)c2)c(Cl)c1. The van der Waals surface area contributed by atoms with Gasteiger partial charge < -0.3 is 5.32 Å². The molecule has 0 aliphatic rings. The highest BCUT2D eigenvalue weighted by Gasteiger charge is 2.31. The Hall–Kier alpha value is -1.17. The molecular formula is C12H6Cl3F3N2. The first-order valence-electron chi connectivity index (χ1n) is 5.21. The third-order valence-electron chi connectivity index (χ3n) is 2.29. The maximum atomic E-state index is 12.5. The first-order chi connectivity index (χ1) is 9.25. The molecule has 0 fully saturated rings. The van der Waals surface area contributed by atoms with Crippen molar-refractivity contribution in [3.63, 3.8) is 0 Å². The molecule has 0 spiro atoms. The molecule has 0 amide bonds. The van der Waals surface area contributed by atoms with Crippen molar-refractivity contribution in [1.29, 1.82) is 0 Å². The van der Waals surface area contributed by atoms with E-state index in [4.69, 9.17) is 34.8 Å². The van der Waals surface area contributed by atoms with Gasteiger partial charge in [-0.05, 0) is 24.3 Å². The van der Waals surface area contributed by atoms with Gasteiger partial charge >= 0.3 is 6.18 Å². The Morgan fingerprint density at radius 2 is 1.55 bits per heavy atom. The minimum atomic E-state index is -4.49. The summed E-state index contributed by atoms with van der Waals surface area (Å²) in [5.41, 5.74) is -0.450. The normalized spacial score (nSPS) is 11.5. The largest absolute Gasteiger partial charge is 0.417 e. The molecule has 1 aromatic carbocycles. The monoisotopic (exact) mass is 340 g/mol. The quantitative estimate of drug-likeness (QED) is 0.746. The minimum Gasteiger partial charge on any atom is -0.339 e. The highest BCUT2D eigenvalue weighted by molar-refractivity contribution is 6.35. The molecule has 0 bridgehead atoms. The maximum absolute atomic E-state index is 12.5. The lowest BCUT2D eigenvalue weighted by atomic mass is 10.2. The lowest BCUT2D eigenvalue weighted by molar-refractivity contribution is -0.137. The van der Waals surface area contributed by atoms with Gasteiger partial charge in [0, 0.05) is 21.9 Å². The van der Waals surface area contributed by atoms with Gasteiger partial charge in [-0.25, -0.2) is 4.98 Å². The number of nitrogens with one attached hydrogen (secondary N) is 1. The summed E-state index contributed by atoms with van der Waals surface area (Å²) in [6, 6.07) is 5.41. The van der Waals surface area contributed by atoms with Gasteiger partial charge in [0.1, 0.15) is 5.82 Å². The van der Waals surface area contributed by atoms with E-state index in [2.05, 4.69) is 10.3 Å². The van der Waals surface area contributed by atoms with Crippen molar-refractivity contribution in [2.45, 2.75) is 6.18 Å². The van der Waals surface area contributed by atoms with Crippen LogP contribution < -0.4 is 5.32 Å². The standard InChI is InChI=1S/C12H6Cl3F3N2/c13-7-2-8(14)4-9(3-7)20-11-10(15)1-6(5-19-11)12(16,17)18/h1-5H,(H,19,20). The zero-order valence-corrected chi connectivity index (χ0v) is 11.9. The molecule has 0 atom stereocenters. The zero-order chi connectivity index (χ0) is 14.9. The first kappa shape index (κ1) is 15.2. The van der Waals surface area contributed by atoms with Gasteiger partial charge in [-0.15, -0.1) is 0 Å². The summed E-state index contributed by atoms with van der Waals surface area (Å²) < 4.78 is 37.4. The number of rotatable bonds is 2. The van der Waals surface area contributed by atoms with E-state index in [0.717, 1.165) is 6.07 Å². The van der Waals surface area contributed by atoms with Crippen LogP contribution in [0.1, 0.15) is 5.56 Å². The number of aromatic nitrogens is 1. The van der Waals surface area contributed by atoms with E-state index in [0.29, 0.717) is 21.9 Å². The van der Waals surface area contributed by atoms with Crippen molar-refractivity contribution < 1.29 is 13.2 Å². The fourth-order valence-corrected chi connectivity index (χ4v) is 2.19. The van der Waals surface area contributed by atoms with E-state index in [1.807, 2.05) is 0 Å². The van der Waals surface area contributed by atoms with Crippen LogP contribution >= 0.6 is 34.8 Å². The molecule has 0 aliphatic heterocycles. The third kappa shape index (κ3) is 3.69. The van der Waals surface area contributed by atoms with Crippen molar-refractivity contribution in [3.8, 4) is 0 Å². The van der Waals surface area contributed by atoms with Crippen LogP contribution in [0, 0.1) is 0 Å². The number of anilines is 2. The second-order valence-electron chi connectivity index (χ2n) is 3.84. The number of nitrogens with zero attached hydrogens (tertiary/aromatic N) is 1. The number of benzene rings is 1. The summed E-state index contributed by atoms with van der Waals surface area (Å²) in [5.74, 6) is 0.0815. The second kappa shape index (κ2) is 5.68. The van der Waals surface area contributed by atoms with Crippen LogP contribution in [0.3, 0.4) is 0 Å². The molecule has 1 N–H and O–H groups in total. The minimum absolute atomic E-state index is 0.0815. The highest BCUT2D eigenvalue weighted by atomic mass is 35.5. The Kier molecular flexibility index (Phi) is 4.32. The van der Waals surface area contributed by atoms with Crippen LogP contribution in [0.4, 0.5) is 24.7 Å². The van der Waals surface area contributed by atoms with Gasteiger partial charge in [0.05, 0.1) is 10.6 Å². The molecular weight excluding hydrogens is 335 g/mol. The topological polar surface area (TPSA) is 24.9 Å². The summed E-state index contributed by atoms with van der Waals surface area (Å²) in [6.07, 6.45) is -3.80. The molecule has 2 aromatic rings. The smallest absolute Gasteiger partial charge is 0.339 e. The molecule has 0 saturated heterocycles. The van der Waals surface area contributed by atoms with Crippen LogP contribution in [0.5, 0.6) is 0 Å². The molecule has 8 heteroatoms. The Balaban J connectivity index is 2.30. The van der Waals surface area contributed by atoms with Crippen molar-refractivity contribution >= 4 is 46.3 Å². The number of hydrogen-bond acceptors (Lipinski definition) is 2. The van der Waals surface area contributed by atoms with Gasteiger partial charge in [-0.1, -0.05) is 34.8 Å². The summed E-state index contributed by atoms with van der Waals surface area (Å²) in [7, 11) is 0. The van der Waals surface area contributed by atoms with Gasteiger partial charge in [0.15, 0.2) is 0 Å².